The summed E-state index contributed by atoms with van der Waals surface area (Å²) in [6.07, 6.45) is 11.3. The van der Waals surface area contributed by atoms with Gasteiger partial charge in [-0.3, -0.25) is 9.48 Å². The lowest BCUT2D eigenvalue weighted by atomic mass is 9.88. The number of rotatable bonds is 6. The Morgan fingerprint density at radius 3 is 2.97 bits per heavy atom. The Hall–Kier alpha value is -4.52. The molecule has 1 aliphatic heterocycles. The molecule has 0 aliphatic carbocycles. The van der Waals surface area contributed by atoms with Gasteiger partial charge >= 0.3 is 0 Å². The summed E-state index contributed by atoms with van der Waals surface area (Å²) < 4.78 is 16.9. The van der Waals surface area contributed by atoms with Crippen molar-refractivity contribution in [1.29, 1.82) is 5.26 Å². The number of carbonyl (C=O) groups is 1. The first-order valence-corrected chi connectivity index (χ1v) is 11.6. The maximum atomic E-state index is 15.2. The number of amides is 1. The highest BCUT2D eigenvalue weighted by atomic mass is 19.1. The van der Waals surface area contributed by atoms with E-state index in [-0.39, 0.29) is 23.9 Å². The lowest BCUT2D eigenvalue weighted by Gasteiger charge is -2.39. The summed E-state index contributed by atoms with van der Waals surface area (Å²) in [5.41, 5.74) is 2.13. The number of halogens is 1. The molecule has 0 saturated heterocycles. The molecule has 0 fully saturated rings. The van der Waals surface area contributed by atoms with E-state index in [0.29, 0.717) is 18.7 Å². The zero-order chi connectivity index (χ0) is 25.3. The molecule has 182 valence electrons. The van der Waals surface area contributed by atoms with Crippen molar-refractivity contribution < 1.29 is 9.18 Å². The number of anilines is 1. The molecule has 9 nitrogen and oxygen atoms in total. The third-order valence-corrected chi connectivity index (χ3v) is 6.29. The van der Waals surface area contributed by atoms with Crippen molar-refractivity contribution in [2.75, 3.05) is 11.4 Å². The summed E-state index contributed by atoms with van der Waals surface area (Å²) in [7, 11) is 0. The van der Waals surface area contributed by atoms with Crippen LogP contribution in [-0.2, 0) is 5.54 Å². The summed E-state index contributed by atoms with van der Waals surface area (Å²) in [5, 5.41) is 17.9. The van der Waals surface area contributed by atoms with Crippen LogP contribution in [0.5, 0.6) is 0 Å². The Labute approximate surface area is 207 Å². The van der Waals surface area contributed by atoms with Crippen molar-refractivity contribution in [3.05, 3.63) is 72.8 Å². The molecule has 0 radical (unpaired) electrons. The van der Waals surface area contributed by atoms with Crippen molar-refractivity contribution in [3.63, 3.8) is 0 Å². The van der Waals surface area contributed by atoms with Gasteiger partial charge in [-0.15, -0.1) is 0 Å². The van der Waals surface area contributed by atoms with E-state index in [1.165, 1.54) is 12.4 Å². The van der Waals surface area contributed by atoms with Gasteiger partial charge in [0, 0.05) is 47.7 Å². The number of nitriles is 1. The Morgan fingerprint density at radius 1 is 1.33 bits per heavy atom. The summed E-state index contributed by atoms with van der Waals surface area (Å²) in [6.45, 7) is 4.03. The van der Waals surface area contributed by atoms with Crippen molar-refractivity contribution >= 4 is 22.6 Å². The number of aromatic amines is 1. The molecule has 10 heteroatoms. The van der Waals surface area contributed by atoms with Crippen molar-refractivity contribution in [2.24, 2.45) is 0 Å². The van der Waals surface area contributed by atoms with Crippen LogP contribution in [0.25, 0.3) is 22.3 Å². The fraction of sp³-hybridized carbons (Fsp3) is 0.269. The van der Waals surface area contributed by atoms with Gasteiger partial charge in [0.1, 0.15) is 17.8 Å². The topological polar surface area (TPSA) is 116 Å². The van der Waals surface area contributed by atoms with Gasteiger partial charge < -0.3 is 15.2 Å². The van der Waals surface area contributed by atoms with E-state index in [0.717, 1.165) is 22.3 Å². The van der Waals surface area contributed by atoms with Crippen molar-refractivity contribution in [1.82, 2.24) is 30.0 Å². The first-order valence-electron chi connectivity index (χ1n) is 11.6. The van der Waals surface area contributed by atoms with Gasteiger partial charge in [0.05, 0.1) is 35.6 Å². The van der Waals surface area contributed by atoms with E-state index in [1.54, 1.807) is 40.3 Å². The highest BCUT2D eigenvalue weighted by molar-refractivity contribution is 5.94. The second kappa shape index (κ2) is 9.26. The van der Waals surface area contributed by atoms with Crippen molar-refractivity contribution in [2.45, 2.75) is 38.3 Å². The fourth-order valence-electron chi connectivity index (χ4n) is 4.55. The number of nitrogens with one attached hydrogen (secondary N) is 2. The molecule has 0 saturated carbocycles. The van der Waals surface area contributed by atoms with Gasteiger partial charge in [-0.05, 0) is 44.5 Å². The van der Waals surface area contributed by atoms with Crippen LogP contribution < -0.4 is 10.2 Å². The molecule has 1 aromatic carbocycles. The number of benzene rings is 1. The monoisotopic (exact) mass is 484 g/mol. The minimum absolute atomic E-state index is 0.0495. The largest absolute Gasteiger partial charge is 0.350 e. The standard InChI is InChI=1S/C26H25FN8O/c1-17(2)33-25(36)18-4-5-22(21(27)12-18)34-11-3-7-26(15-34,8-9-28)35-14-19(13-32-35)23-20-6-10-29-24(20)31-16-30-23/h3-6,10-14,16-17H,7-8,15H2,1-2H3,(H,33,36)(H,29,30,31). The fourth-order valence-corrected chi connectivity index (χ4v) is 4.55. The van der Waals surface area contributed by atoms with Crippen LogP contribution >= 0.6 is 0 Å². The molecule has 0 spiro atoms. The summed E-state index contributed by atoms with van der Waals surface area (Å²) >= 11 is 0. The predicted molar refractivity (Wildman–Crippen MR) is 133 cm³/mol. The number of H-pyrrole nitrogens is 1. The Morgan fingerprint density at radius 2 is 2.19 bits per heavy atom. The van der Waals surface area contributed by atoms with Gasteiger partial charge in [0.15, 0.2) is 0 Å². The highest BCUT2D eigenvalue weighted by Gasteiger charge is 2.37. The summed E-state index contributed by atoms with van der Waals surface area (Å²) in [4.78, 5) is 25.8. The SMILES string of the molecule is CC(C)NC(=O)c1ccc(N2C=CCC(CC#N)(n3cc(-c4ncnc5[nH]ccc45)cn3)C2)c(F)c1. The van der Waals surface area contributed by atoms with E-state index >= 15 is 4.39 Å². The normalized spacial score (nSPS) is 17.5. The third kappa shape index (κ3) is 4.20. The molecular formula is C26H25FN8O. The average Bonchev–Trinajstić information content (AvgIpc) is 3.54. The molecule has 4 aromatic rings. The second-order valence-corrected chi connectivity index (χ2v) is 9.21. The molecule has 1 atom stereocenters. The third-order valence-electron chi connectivity index (χ3n) is 6.29. The molecule has 2 N–H and O–H groups in total. The zero-order valence-corrected chi connectivity index (χ0v) is 19.9. The van der Waals surface area contributed by atoms with E-state index in [2.05, 4.69) is 31.4 Å². The molecule has 3 aromatic heterocycles. The average molecular weight is 485 g/mol. The van der Waals surface area contributed by atoms with Crippen LogP contribution in [-0.4, -0.2) is 43.2 Å². The number of hydrogen-bond donors (Lipinski definition) is 2. The Kier molecular flexibility index (Phi) is 5.98. The minimum atomic E-state index is -0.716. The van der Waals surface area contributed by atoms with Crippen LogP contribution in [0.3, 0.4) is 0 Å². The van der Waals surface area contributed by atoms with E-state index in [4.69, 9.17) is 0 Å². The Bertz CT molecular complexity index is 1500. The lowest BCUT2D eigenvalue weighted by molar-refractivity contribution is 0.0942. The maximum absolute atomic E-state index is 15.2. The van der Waals surface area contributed by atoms with E-state index in [1.807, 2.05) is 32.2 Å². The van der Waals surface area contributed by atoms with Crippen LogP contribution in [0.4, 0.5) is 10.1 Å². The van der Waals surface area contributed by atoms with Crippen LogP contribution in [0.15, 0.2) is 61.5 Å². The minimum Gasteiger partial charge on any atom is -0.350 e. The highest BCUT2D eigenvalue weighted by Crippen LogP contribution is 2.35. The van der Waals surface area contributed by atoms with Gasteiger partial charge in [-0.1, -0.05) is 6.08 Å². The summed E-state index contributed by atoms with van der Waals surface area (Å²) in [5.74, 6) is -0.838. The molecular weight excluding hydrogens is 459 g/mol. The molecule has 4 heterocycles. The van der Waals surface area contributed by atoms with Gasteiger partial charge in [0.2, 0.25) is 0 Å². The molecule has 1 unspecified atom stereocenters. The first-order chi connectivity index (χ1) is 17.4. The number of carbonyl (C=O) groups excluding carboxylic acids is 1. The number of fused-ring (bicyclic) bond motifs is 1. The summed E-state index contributed by atoms with van der Waals surface area (Å²) in [6, 6.07) is 8.58. The van der Waals surface area contributed by atoms with Crippen LogP contribution in [0.2, 0.25) is 0 Å². The van der Waals surface area contributed by atoms with Crippen molar-refractivity contribution in [3.8, 4) is 17.3 Å². The quantitative estimate of drug-likeness (QED) is 0.425. The lowest BCUT2D eigenvalue weighted by Crippen LogP contribution is -2.46. The maximum Gasteiger partial charge on any atom is 0.251 e. The zero-order valence-electron chi connectivity index (χ0n) is 19.9. The molecule has 5 rings (SSSR count). The molecule has 1 amide bonds. The van der Waals surface area contributed by atoms with Gasteiger partial charge in [0.25, 0.3) is 5.91 Å². The Balaban J connectivity index is 1.46. The number of nitrogens with zero attached hydrogens (tertiary/aromatic N) is 6. The van der Waals surface area contributed by atoms with Gasteiger partial charge in [-0.25, -0.2) is 14.4 Å². The van der Waals surface area contributed by atoms with Crippen LogP contribution in [0.1, 0.15) is 37.0 Å². The second-order valence-electron chi connectivity index (χ2n) is 9.21. The number of allylic oxidation sites excluding steroid dienone is 1. The molecule has 0 bridgehead atoms. The predicted octanol–water partition coefficient (Wildman–Crippen LogP) is 4.13. The molecule has 1 aliphatic rings. The smallest absolute Gasteiger partial charge is 0.251 e. The van der Waals surface area contributed by atoms with E-state index in [9.17, 15) is 10.1 Å². The van der Waals surface area contributed by atoms with Gasteiger partial charge in [-0.2, -0.15) is 10.4 Å². The number of hydrogen-bond acceptors (Lipinski definition) is 6. The van der Waals surface area contributed by atoms with Crippen LogP contribution in [0, 0.1) is 17.1 Å². The molecule has 36 heavy (non-hydrogen) atoms. The van der Waals surface area contributed by atoms with E-state index < -0.39 is 11.4 Å². The first kappa shape index (κ1) is 23.2. The number of aromatic nitrogens is 5.